The summed E-state index contributed by atoms with van der Waals surface area (Å²) in [5.41, 5.74) is 4.00. The third-order valence-electron chi connectivity index (χ3n) is 1.26. The monoisotopic (exact) mass is 122 g/mol. The lowest BCUT2D eigenvalue weighted by Gasteiger charge is -2.08. The van der Waals surface area contributed by atoms with Crippen molar-refractivity contribution in [3.63, 3.8) is 0 Å². The highest BCUT2D eigenvalue weighted by atomic mass is 15.4. The highest BCUT2D eigenvalue weighted by molar-refractivity contribution is 5.64. The number of rotatable bonds is 0. The lowest BCUT2D eigenvalue weighted by Crippen LogP contribution is -2.17. The number of aromatic nitrogens is 2. The zero-order chi connectivity index (χ0) is 6.10. The lowest BCUT2D eigenvalue weighted by molar-refractivity contribution is 0.836. The van der Waals surface area contributed by atoms with E-state index in [1.165, 1.54) is 0 Å². The minimum absolute atomic E-state index is 0.729. The molecule has 1 aromatic rings. The number of imidazole rings is 1. The summed E-state index contributed by atoms with van der Waals surface area (Å²) in [7, 11) is 0. The molecular weight excluding hydrogens is 116 g/mol. The average molecular weight is 122 g/mol. The Hall–Kier alpha value is -1.32. The van der Waals surface area contributed by atoms with E-state index in [1.807, 2.05) is 4.68 Å². The first kappa shape index (κ1) is 4.55. The van der Waals surface area contributed by atoms with E-state index in [4.69, 9.17) is 0 Å². The molecule has 0 radical (unpaired) electrons. The third-order valence-corrected chi connectivity index (χ3v) is 1.26. The van der Waals surface area contributed by atoms with Crippen LogP contribution in [0.15, 0.2) is 17.5 Å². The molecule has 1 aliphatic rings. The fourth-order valence-corrected chi connectivity index (χ4v) is 0.798. The minimum atomic E-state index is 0.729. The highest BCUT2D eigenvalue weighted by Crippen LogP contribution is 2.00. The van der Waals surface area contributed by atoms with Gasteiger partial charge in [-0.3, -0.25) is 10.4 Å². The Morgan fingerprint density at radius 2 is 2.67 bits per heavy atom. The Balaban J connectivity index is 2.46. The Kier molecular flexibility index (Phi) is 0.798. The molecule has 0 unspecified atom stereocenters. The van der Waals surface area contributed by atoms with Gasteiger partial charge in [-0.2, -0.15) is 0 Å². The first-order valence-corrected chi connectivity index (χ1v) is 2.73. The van der Waals surface area contributed by atoms with Gasteiger partial charge in [-0.25, -0.2) is 9.66 Å². The van der Waals surface area contributed by atoms with Crippen LogP contribution >= 0.6 is 0 Å². The number of nitrogens with zero attached hydrogens (tertiary/aromatic N) is 3. The quantitative estimate of drug-likeness (QED) is 0.525. The second-order valence-corrected chi connectivity index (χ2v) is 1.85. The van der Waals surface area contributed by atoms with Crippen molar-refractivity contribution < 1.29 is 0 Å². The number of nitrogens with one attached hydrogen (secondary N) is 1. The molecule has 0 spiro atoms. The van der Waals surface area contributed by atoms with E-state index < -0.39 is 0 Å². The van der Waals surface area contributed by atoms with Crippen LogP contribution in [0.25, 0.3) is 0 Å². The van der Waals surface area contributed by atoms with Gasteiger partial charge in [0, 0.05) is 0 Å². The van der Waals surface area contributed by atoms with Gasteiger partial charge in [0.2, 0.25) is 0 Å². The van der Waals surface area contributed by atoms with Crippen molar-refractivity contribution in [2.45, 2.75) is 6.54 Å². The summed E-state index contributed by atoms with van der Waals surface area (Å²) in [6.45, 7) is 0.729. The van der Waals surface area contributed by atoms with Crippen molar-refractivity contribution in [1.29, 1.82) is 0 Å². The number of hydrogen-bond donors (Lipinski definition) is 1. The second-order valence-electron chi connectivity index (χ2n) is 1.85. The number of hydrogen-bond acceptors (Lipinski definition) is 3. The zero-order valence-electron chi connectivity index (χ0n) is 4.78. The van der Waals surface area contributed by atoms with Gasteiger partial charge in [0.25, 0.3) is 0 Å². The van der Waals surface area contributed by atoms with Crippen LogP contribution in [0.4, 0.5) is 0 Å². The van der Waals surface area contributed by atoms with Gasteiger partial charge in [0.15, 0.2) is 0 Å². The van der Waals surface area contributed by atoms with E-state index >= 15 is 0 Å². The molecule has 4 nitrogen and oxygen atoms in total. The lowest BCUT2D eigenvalue weighted by atomic mass is 10.5. The van der Waals surface area contributed by atoms with Crippen LogP contribution in [0.2, 0.25) is 0 Å². The topological polar surface area (TPSA) is 42.2 Å². The number of fused-ring (bicyclic) bond motifs is 1. The number of aliphatic imine (C=N–C) groups is 1. The summed E-state index contributed by atoms with van der Waals surface area (Å²) >= 11 is 0. The van der Waals surface area contributed by atoms with Gasteiger partial charge in [-0.05, 0) is 0 Å². The molecule has 9 heavy (non-hydrogen) atoms. The van der Waals surface area contributed by atoms with Crippen LogP contribution < -0.4 is 5.43 Å². The molecule has 0 fully saturated rings. The van der Waals surface area contributed by atoms with Crippen molar-refractivity contribution in [3.8, 4) is 0 Å². The van der Waals surface area contributed by atoms with Crippen molar-refractivity contribution in [1.82, 2.24) is 9.66 Å². The van der Waals surface area contributed by atoms with Crippen molar-refractivity contribution in [3.05, 3.63) is 18.2 Å². The zero-order valence-corrected chi connectivity index (χ0v) is 4.78. The van der Waals surface area contributed by atoms with Crippen LogP contribution in [-0.2, 0) is 6.54 Å². The van der Waals surface area contributed by atoms with Crippen LogP contribution in [0.5, 0.6) is 0 Å². The van der Waals surface area contributed by atoms with E-state index in [0.29, 0.717) is 0 Å². The Morgan fingerprint density at radius 1 is 1.67 bits per heavy atom. The first-order valence-electron chi connectivity index (χ1n) is 2.73. The van der Waals surface area contributed by atoms with Crippen LogP contribution in [-0.4, -0.2) is 16.0 Å². The molecule has 1 aromatic heterocycles. The van der Waals surface area contributed by atoms with Crippen molar-refractivity contribution in [2.24, 2.45) is 4.99 Å². The molecule has 0 amide bonds. The summed E-state index contributed by atoms with van der Waals surface area (Å²) in [5.74, 6) is 0. The van der Waals surface area contributed by atoms with Crippen molar-refractivity contribution in [2.75, 3.05) is 5.43 Å². The van der Waals surface area contributed by atoms with Gasteiger partial charge in [-0.15, -0.1) is 0 Å². The summed E-state index contributed by atoms with van der Waals surface area (Å²) in [6, 6.07) is 0. The molecule has 1 aliphatic heterocycles. The Labute approximate surface area is 52.2 Å². The summed E-state index contributed by atoms with van der Waals surface area (Å²) in [5, 5.41) is 0. The molecular formula is C5H6N4. The first-order chi connectivity index (χ1) is 4.47. The van der Waals surface area contributed by atoms with E-state index in [1.54, 1.807) is 18.9 Å². The van der Waals surface area contributed by atoms with Crippen LogP contribution in [0.3, 0.4) is 0 Å². The fourth-order valence-electron chi connectivity index (χ4n) is 0.798. The van der Waals surface area contributed by atoms with Gasteiger partial charge in [0.05, 0.1) is 18.4 Å². The van der Waals surface area contributed by atoms with E-state index in [2.05, 4.69) is 15.4 Å². The molecule has 0 saturated carbocycles. The summed E-state index contributed by atoms with van der Waals surface area (Å²) < 4.78 is 1.84. The second kappa shape index (κ2) is 1.58. The SMILES string of the molecule is C1=NCc2cncn2N1. The maximum absolute atomic E-state index is 3.99. The molecule has 46 valence electrons. The Morgan fingerprint density at radius 3 is 3.56 bits per heavy atom. The molecule has 0 aromatic carbocycles. The van der Waals surface area contributed by atoms with Crippen LogP contribution in [0, 0.1) is 0 Å². The molecule has 0 bridgehead atoms. The van der Waals surface area contributed by atoms with Gasteiger partial charge in [0.1, 0.15) is 12.7 Å². The molecule has 0 aliphatic carbocycles. The Bertz CT molecular complexity index is 214. The fraction of sp³-hybridized carbons (Fsp3) is 0.200. The van der Waals surface area contributed by atoms with E-state index in [0.717, 1.165) is 12.2 Å². The molecule has 0 atom stereocenters. The molecule has 1 N–H and O–H groups in total. The minimum Gasteiger partial charge on any atom is -0.283 e. The predicted octanol–water partition coefficient (Wildman–Crippen LogP) is -0.0315. The third kappa shape index (κ3) is 0.595. The smallest absolute Gasteiger partial charge is 0.115 e. The van der Waals surface area contributed by atoms with Crippen LogP contribution in [0.1, 0.15) is 5.69 Å². The van der Waals surface area contributed by atoms with Gasteiger partial charge in [-0.1, -0.05) is 0 Å². The maximum atomic E-state index is 3.99. The summed E-state index contributed by atoms with van der Waals surface area (Å²) in [4.78, 5) is 7.92. The van der Waals surface area contributed by atoms with Gasteiger partial charge < -0.3 is 0 Å². The normalized spacial score (nSPS) is 14.7. The summed E-state index contributed by atoms with van der Waals surface area (Å²) in [6.07, 6.45) is 5.18. The molecule has 2 heterocycles. The maximum Gasteiger partial charge on any atom is 0.115 e. The highest BCUT2D eigenvalue weighted by Gasteiger charge is 2.00. The van der Waals surface area contributed by atoms with Crippen molar-refractivity contribution >= 4 is 6.34 Å². The average Bonchev–Trinajstić information content (AvgIpc) is 2.33. The largest absolute Gasteiger partial charge is 0.283 e. The molecule has 0 saturated heterocycles. The molecule has 2 rings (SSSR count). The van der Waals surface area contributed by atoms with E-state index in [9.17, 15) is 0 Å². The van der Waals surface area contributed by atoms with Gasteiger partial charge >= 0.3 is 0 Å². The molecule has 4 heteroatoms. The van der Waals surface area contributed by atoms with E-state index in [-0.39, 0.29) is 0 Å². The standard InChI is InChI=1S/C5H6N4/c1-5-2-7-4-9(5)8-3-6-1/h2-4H,1H2,(H,6,8). The predicted molar refractivity (Wildman–Crippen MR) is 33.8 cm³/mol.